The molecule has 0 atom stereocenters. The van der Waals surface area contributed by atoms with Gasteiger partial charge < -0.3 is 30.5 Å². The molecule has 3 heterocycles. The maximum Gasteiger partial charge on any atom is 0.295 e. The highest BCUT2D eigenvalue weighted by Crippen LogP contribution is 2.28. The van der Waals surface area contributed by atoms with E-state index in [0.29, 0.717) is 61.9 Å². The molecule has 2 aromatic heterocycles. The number of hydrogen-bond donors (Lipinski definition) is 4. The number of ether oxygens (including phenoxy) is 1. The van der Waals surface area contributed by atoms with Crippen molar-refractivity contribution in [3.05, 3.63) is 86.6 Å². The van der Waals surface area contributed by atoms with E-state index in [1.807, 2.05) is 17.6 Å². The Labute approximate surface area is 268 Å². The normalized spacial score (nSPS) is 13.7. The molecule has 16 heteroatoms. The second-order valence-corrected chi connectivity index (χ2v) is 10.8. The number of fused-ring (bicyclic) bond motifs is 1. The van der Waals surface area contributed by atoms with Crippen LogP contribution in [0.3, 0.4) is 0 Å². The second kappa shape index (κ2) is 14.2. The van der Waals surface area contributed by atoms with Gasteiger partial charge in [0.15, 0.2) is 5.89 Å². The number of amides is 3. The summed E-state index contributed by atoms with van der Waals surface area (Å²) in [6.45, 7) is 7.00. The zero-order valence-electron chi connectivity index (χ0n) is 25.9. The van der Waals surface area contributed by atoms with Crippen molar-refractivity contribution in [2.24, 2.45) is 11.5 Å². The lowest BCUT2D eigenvalue weighted by Crippen LogP contribution is -2.35. The number of benzene rings is 2. The molecule has 16 nitrogen and oxygen atoms in total. The number of anilines is 2. The van der Waals surface area contributed by atoms with Gasteiger partial charge in [-0.05, 0) is 36.2 Å². The average molecular weight is 646 g/mol. The summed E-state index contributed by atoms with van der Waals surface area (Å²) in [5, 5.41) is 17.4. The Kier molecular flexibility index (Phi) is 9.91. The standard InChI is InChI=1S/C31H35N9O7/c1-3-22-27(47-18(2)35-22)30(43)37-31-36-24-15-20(29(33)42)14-21(17-38-10-12-46-13-11-38)26(24)39(31)9-5-4-8-34-23-7-6-19(28(32)41)16-25(23)40(44)45/h4-7,14-16,34H,3,8-13,17H2,1-2H3,(H2,32,41)(H2,33,42)(H,36,37,43)/b5-4+. The van der Waals surface area contributed by atoms with Gasteiger partial charge in [-0.3, -0.25) is 34.7 Å². The van der Waals surface area contributed by atoms with E-state index in [-0.39, 0.29) is 47.3 Å². The Morgan fingerprint density at radius 2 is 1.81 bits per heavy atom. The van der Waals surface area contributed by atoms with E-state index >= 15 is 0 Å². The number of aromatic nitrogens is 3. The zero-order chi connectivity index (χ0) is 33.7. The van der Waals surface area contributed by atoms with Gasteiger partial charge in [0.05, 0.1) is 34.9 Å². The quantitative estimate of drug-likeness (QED) is 0.0939. The molecule has 2 aromatic carbocycles. The van der Waals surface area contributed by atoms with Crippen molar-refractivity contribution in [3.8, 4) is 0 Å². The van der Waals surface area contributed by atoms with Crippen LogP contribution >= 0.6 is 0 Å². The molecule has 3 amide bonds. The number of morpholine rings is 1. The number of nitro benzene ring substituents is 1. The first-order chi connectivity index (χ1) is 22.5. The van der Waals surface area contributed by atoms with E-state index in [0.717, 1.165) is 11.6 Å². The molecule has 6 N–H and O–H groups in total. The third-order valence-electron chi connectivity index (χ3n) is 7.62. The van der Waals surface area contributed by atoms with E-state index in [2.05, 4.69) is 20.5 Å². The second-order valence-electron chi connectivity index (χ2n) is 10.8. The topological polar surface area (TPSA) is 227 Å². The summed E-state index contributed by atoms with van der Waals surface area (Å²) >= 11 is 0. The first kappa shape index (κ1) is 32.8. The van der Waals surface area contributed by atoms with Gasteiger partial charge in [0.25, 0.3) is 11.6 Å². The number of aryl methyl sites for hydroxylation is 2. The van der Waals surface area contributed by atoms with Gasteiger partial charge in [0, 0.05) is 56.8 Å². The van der Waals surface area contributed by atoms with E-state index in [1.54, 1.807) is 25.1 Å². The lowest BCUT2D eigenvalue weighted by molar-refractivity contribution is -0.384. The number of nitrogens with zero attached hydrogens (tertiary/aromatic N) is 5. The first-order valence-electron chi connectivity index (χ1n) is 14.9. The lowest BCUT2D eigenvalue weighted by atomic mass is 10.1. The molecule has 1 aliphatic heterocycles. The average Bonchev–Trinajstić information content (AvgIpc) is 3.60. The van der Waals surface area contributed by atoms with E-state index in [9.17, 15) is 24.5 Å². The summed E-state index contributed by atoms with van der Waals surface area (Å²) in [6.07, 6.45) is 4.06. The number of nitro groups is 1. The van der Waals surface area contributed by atoms with Gasteiger partial charge in [-0.15, -0.1) is 0 Å². The molecule has 47 heavy (non-hydrogen) atoms. The van der Waals surface area contributed by atoms with Crippen LogP contribution in [0.2, 0.25) is 0 Å². The predicted molar refractivity (Wildman–Crippen MR) is 172 cm³/mol. The van der Waals surface area contributed by atoms with Crippen LogP contribution in [0.4, 0.5) is 17.3 Å². The molecule has 0 aliphatic carbocycles. The molecular formula is C31H35N9O7. The number of carbonyl (C=O) groups is 3. The van der Waals surface area contributed by atoms with Crippen LogP contribution in [0.5, 0.6) is 0 Å². The SMILES string of the molecule is CCc1nc(C)oc1C(=O)Nc1nc2cc(C(N)=O)cc(CN3CCOCC3)c2n1C/C=C/CNc1ccc(C(N)=O)cc1[N+](=O)[O-]. The zero-order valence-corrected chi connectivity index (χ0v) is 25.9. The Morgan fingerprint density at radius 1 is 1.06 bits per heavy atom. The third kappa shape index (κ3) is 7.45. The van der Waals surface area contributed by atoms with Crippen molar-refractivity contribution in [2.75, 3.05) is 43.5 Å². The Bertz CT molecular complexity index is 1870. The number of imidazole rings is 1. The van der Waals surface area contributed by atoms with Crippen LogP contribution in [0.15, 0.2) is 46.9 Å². The van der Waals surface area contributed by atoms with Crippen molar-refractivity contribution >= 4 is 46.1 Å². The molecule has 246 valence electrons. The van der Waals surface area contributed by atoms with Crippen molar-refractivity contribution in [1.29, 1.82) is 0 Å². The number of nitrogens with one attached hydrogen (secondary N) is 2. The minimum Gasteiger partial charge on any atom is -0.436 e. The van der Waals surface area contributed by atoms with Gasteiger partial charge in [0.2, 0.25) is 23.5 Å². The fourth-order valence-electron chi connectivity index (χ4n) is 5.35. The summed E-state index contributed by atoms with van der Waals surface area (Å²) in [5.41, 5.74) is 13.6. The van der Waals surface area contributed by atoms with Crippen LogP contribution in [-0.2, 0) is 24.2 Å². The number of nitrogens with two attached hydrogens (primary N) is 2. The minimum atomic E-state index is -0.768. The number of carbonyl (C=O) groups excluding carboxylic acids is 3. The molecule has 0 bridgehead atoms. The highest BCUT2D eigenvalue weighted by molar-refractivity contribution is 6.03. The summed E-state index contributed by atoms with van der Waals surface area (Å²) in [6, 6.07) is 7.27. The number of rotatable bonds is 13. The molecule has 1 fully saturated rings. The molecule has 4 aromatic rings. The van der Waals surface area contributed by atoms with Gasteiger partial charge in [-0.2, -0.15) is 0 Å². The molecular weight excluding hydrogens is 610 g/mol. The monoisotopic (exact) mass is 645 g/mol. The smallest absolute Gasteiger partial charge is 0.295 e. The summed E-state index contributed by atoms with van der Waals surface area (Å²) < 4.78 is 12.9. The van der Waals surface area contributed by atoms with Crippen LogP contribution in [0, 0.1) is 17.0 Å². The molecule has 0 radical (unpaired) electrons. The van der Waals surface area contributed by atoms with Crippen molar-refractivity contribution in [2.45, 2.75) is 33.4 Å². The summed E-state index contributed by atoms with van der Waals surface area (Å²) in [4.78, 5) is 59.3. The number of primary amides is 2. The predicted octanol–water partition coefficient (Wildman–Crippen LogP) is 2.75. The minimum absolute atomic E-state index is 0.0262. The van der Waals surface area contributed by atoms with Gasteiger partial charge >= 0.3 is 0 Å². The van der Waals surface area contributed by atoms with E-state index in [4.69, 9.17) is 25.6 Å². The van der Waals surface area contributed by atoms with Crippen LogP contribution in [-0.4, -0.2) is 74.9 Å². The van der Waals surface area contributed by atoms with Crippen LogP contribution < -0.4 is 22.1 Å². The molecule has 5 rings (SSSR count). The highest BCUT2D eigenvalue weighted by Gasteiger charge is 2.24. The third-order valence-corrected chi connectivity index (χ3v) is 7.62. The van der Waals surface area contributed by atoms with Crippen molar-refractivity contribution < 1.29 is 28.5 Å². The van der Waals surface area contributed by atoms with Crippen LogP contribution in [0.25, 0.3) is 11.0 Å². The van der Waals surface area contributed by atoms with Crippen LogP contribution in [0.1, 0.15) is 55.3 Å². The first-order valence-corrected chi connectivity index (χ1v) is 14.9. The van der Waals surface area contributed by atoms with Gasteiger partial charge in [-0.25, -0.2) is 9.97 Å². The van der Waals surface area contributed by atoms with E-state index < -0.39 is 22.6 Å². The number of allylic oxidation sites excluding steroid dienone is 1. The van der Waals surface area contributed by atoms with E-state index in [1.165, 1.54) is 12.1 Å². The molecule has 1 saturated heterocycles. The van der Waals surface area contributed by atoms with Gasteiger partial charge in [0.1, 0.15) is 5.69 Å². The van der Waals surface area contributed by atoms with Crippen molar-refractivity contribution in [3.63, 3.8) is 0 Å². The maximum atomic E-state index is 13.4. The fraction of sp³-hybridized carbons (Fsp3) is 0.323. The Morgan fingerprint density at radius 3 is 2.49 bits per heavy atom. The Hall–Kier alpha value is -5.61. The summed E-state index contributed by atoms with van der Waals surface area (Å²) in [7, 11) is 0. The number of hydrogen-bond acceptors (Lipinski definition) is 11. The highest BCUT2D eigenvalue weighted by atomic mass is 16.6. The molecule has 0 saturated carbocycles. The molecule has 1 aliphatic rings. The summed E-state index contributed by atoms with van der Waals surface area (Å²) in [5.74, 6) is -1.25. The largest absolute Gasteiger partial charge is 0.436 e. The fourth-order valence-corrected chi connectivity index (χ4v) is 5.35. The maximum absolute atomic E-state index is 13.4. The Balaban J connectivity index is 1.48. The molecule has 0 unspecified atom stereocenters. The number of oxazole rings is 1. The molecule has 0 spiro atoms. The van der Waals surface area contributed by atoms with Gasteiger partial charge in [-0.1, -0.05) is 19.1 Å². The lowest BCUT2D eigenvalue weighted by Gasteiger charge is -2.27. The van der Waals surface area contributed by atoms with Crippen molar-refractivity contribution in [1.82, 2.24) is 19.4 Å².